The number of hydrogen-bond donors (Lipinski definition) is 0. The number of rotatable bonds is 6. The lowest BCUT2D eigenvalue weighted by molar-refractivity contribution is -0.130. The zero-order valence-electron chi connectivity index (χ0n) is 14.9. The van der Waals surface area contributed by atoms with Crippen LogP contribution in [0.2, 0.25) is 0 Å². The van der Waals surface area contributed by atoms with Gasteiger partial charge in [0.05, 0.1) is 5.69 Å². The molecule has 3 heteroatoms. The predicted octanol–water partition coefficient (Wildman–Crippen LogP) is 4.70. The van der Waals surface area contributed by atoms with Crippen LogP contribution < -0.4 is 0 Å². The molecule has 3 nitrogen and oxygen atoms in total. The Morgan fingerprint density at radius 1 is 0.960 bits per heavy atom. The second-order valence-corrected chi connectivity index (χ2v) is 6.11. The third-order valence-electron chi connectivity index (χ3n) is 4.58. The van der Waals surface area contributed by atoms with Crippen LogP contribution in [0.5, 0.6) is 0 Å². The molecule has 0 aliphatic heterocycles. The van der Waals surface area contributed by atoms with Crippen molar-refractivity contribution in [2.45, 2.75) is 26.7 Å². The molecule has 0 radical (unpaired) electrons. The summed E-state index contributed by atoms with van der Waals surface area (Å²) in [5.74, 6) is 0.195. The molecule has 128 valence electrons. The molecule has 0 spiro atoms. The molecule has 1 heterocycles. The van der Waals surface area contributed by atoms with E-state index < -0.39 is 0 Å². The summed E-state index contributed by atoms with van der Waals surface area (Å²) in [6, 6.07) is 20.6. The topological polar surface area (TPSA) is 33.2 Å². The predicted molar refractivity (Wildman–Crippen MR) is 103 cm³/mol. The Hall–Kier alpha value is -2.68. The molecule has 2 aromatic carbocycles. The third-order valence-corrected chi connectivity index (χ3v) is 4.58. The highest BCUT2D eigenvalue weighted by molar-refractivity contribution is 5.88. The number of pyridine rings is 1. The van der Waals surface area contributed by atoms with Gasteiger partial charge in [0.25, 0.3) is 0 Å². The third kappa shape index (κ3) is 3.87. The van der Waals surface area contributed by atoms with E-state index in [2.05, 4.69) is 30.3 Å². The van der Waals surface area contributed by atoms with Crippen LogP contribution >= 0.6 is 0 Å². The first kappa shape index (κ1) is 17.2. The molecule has 0 saturated heterocycles. The highest BCUT2D eigenvalue weighted by Crippen LogP contribution is 2.25. The second kappa shape index (κ2) is 7.93. The summed E-state index contributed by atoms with van der Waals surface area (Å²) in [4.78, 5) is 19.1. The number of benzene rings is 2. The molecule has 0 unspecified atom stereocenters. The van der Waals surface area contributed by atoms with Crippen molar-refractivity contribution in [3.8, 4) is 11.3 Å². The lowest BCUT2D eigenvalue weighted by atomic mass is 10.0. The number of aromatic nitrogens is 1. The van der Waals surface area contributed by atoms with Crippen molar-refractivity contribution in [1.82, 2.24) is 9.88 Å². The molecule has 0 aliphatic rings. The van der Waals surface area contributed by atoms with E-state index in [4.69, 9.17) is 4.98 Å². The fourth-order valence-corrected chi connectivity index (χ4v) is 3.18. The van der Waals surface area contributed by atoms with Gasteiger partial charge in [-0.05, 0) is 31.7 Å². The molecule has 0 atom stereocenters. The van der Waals surface area contributed by atoms with E-state index >= 15 is 0 Å². The van der Waals surface area contributed by atoms with E-state index in [0.29, 0.717) is 12.8 Å². The molecule has 0 bridgehead atoms. The Morgan fingerprint density at radius 3 is 2.36 bits per heavy atom. The summed E-state index contributed by atoms with van der Waals surface area (Å²) < 4.78 is 0. The first-order valence-electron chi connectivity index (χ1n) is 8.94. The molecule has 1 amide bonds. The monoisotopic (exact) mass is 332 g/mol. The van der Waals surface area contributed by atoms with E-state index in [-0.39, 0.29) is 5.91 Å². The van der Waals surface area contributed by atoms with Gasteiger partial charge in [0.2, 0.25) is 5.91 Å². The van der Waals surface area contributed by atoms with Crippen molar-refractivity contribution < 1.29 is 4.79 Å². The number of aryl methyl sites for hydroxylation is 1. The van der Waals surface area contributed by atoms with Gasteiger partial charge in [0.1, 0.15) is 0 Å². The largest absolute Gasteiger partial charge is 0.343 e. The van der Waals surface area contributed by atoms with Crippen LogP contribution in [0.4, 0.5) is 0 Å². The van der Waals surface area contributed by atoms with Crippen LogP contribution in [-0.2, 0) is 11.2 Å². The number of carbonyl (C=O) groups excluding carboxylic acids is 1. The standard InChI is InChI=1S/C22H24N2O/c1-3-24(4-2)22(25)15-14-20-19-13-9-8-12-18(19)16-21(23-20)17-10-6-5-7-11-17/h5-13,16H,3-4,14-15H2,1-2H3. The van der Waals surface area contributed by atoms with Crippen molar-refractivity contribution in [3.05, 3.63) is 66.4 Å². The maximum atomic E-state index is 12.4. The summed E-state index contributed by atoms with van der Waals surface area (Å²) in [5, 5.41) is 2.30. The first-order chi connectivity index (χ1) is 12.2. The minimum atomic E-state index is 0.195. The Balaban J connectivity index is 1.94. The molecule has 1 aromatic heterocycles. The molecule has 25 heavy (non-hydrogen) atoms. The van der Waals surface area contributed by atoms with Crippen LogP contribution in [-0.4, -0.2) is 28.9 Å². The number of carbonyl (C=O) groups is 1. The van der Waals surface area contributed by atoms with E-state index in [0.717, 1.165) is 35.4 Å². The number of hydrogen-bond acceptors (Lipinski definition) is 2. The summed E-state index contributed by atoms with van der Waals surface area (Å²) in [6.07, 6.45) is 1.16. The van der Waals surface area contributed by atoms with Gasteiger partial charge in [0, 0.05) is 36.2 Å². The molecule has 0 N–H and O–H groups in total. The van der Waals surface area contributed by atoms with E-state index in [1.165, 1.54) is 5.39 Å². The van der Waals surface area contributed by atoms with Gasteiger partial charge in [-0.25, -0.2) is 0 Å². The molecular formula is C22H24N2O. The van der Waals surface area contributed by atoms with Crippen molar-refractivity contribution >= 4 is 16.7 Å². The number of nitrogens with zero attached hydrogens (tertiary/aromatic N) is 2. The Bertz CT molecular complexity index is 854. The van der Waals surface area contributed by atoms with Crippen LogP contribution in [0.15, 0.2) is 60.7 Å². The van der Waals surface area contributed by atoms with Crippen LogP contribution in [0.1, 0.15) is 26.0 Å². The van der Waals surface area contributed by atoms with Gasteiger partial charge < -0.3 is 4.90 Å². The Kier molecular flexibility index (Phi) is 5.44. The lowest BCUT2D eigenvalue weighted by Crippen LogP contribution is -2.30. The molecule has 0 aliphatic carbocycles. The Labute approximate surface area is 149 Å². The van der Waals surface area contributed by atoms with Crippen molar-refractivity contribution in [1.29, 1.82) is 0 Å². The number of amides is 1. The maximum absolute atomic E-state index is 12.4. The van der Waals surface area contributed by atoms with Crippen LogP contribution in [0.25, 0.3) is 22.0 Å². The van der Waals surface area contributed by atoms with Crippen molar-refractivity contribution in [2.75, 3.05) is 13.1 Å². The zero-order valence-corrected chi connectivity index (χ0v) is 14.9. The van der Waals surface area contributed by atoms with Crippen molar-refractivity contribution in [2.24, 2.45) is 0 Å². The quantitative estimate of drug-likeness (QED) is 0.655. The highest BCUT2D eigenvalue weighted by atomic mass is 16.2. The van der Waals surface area contributed by atoms with Crippen LogP contribution in [0.3, 0.4) is 0 Å². The molecule has 0 fully saturated rings. The van der Waals surface area contributed by atoms with Gasteiger partial charge in [-0.15, -0.1) is 0 Å². The van der Waals surface area contributed by atoms with Crippen LogP contribution in [0, 0.1) is 0 Å². The zero-order chi connectivity index (χ0) is 17.6. The summed E-state index contributed by atoms with van der Waals surface area (Å²) in [7, 11) is 0. The average Bonchev–Trinajstić information content (AvgIpc) is 2.67. The molecule has 0 saturated carbocycles. The van der Waals surface area contributed by atoms with E-state index in [1.807, 2.05) is 49.1 Å². The maximum Gasteiger partial charge on any atom is 0.222 e. The van der Waals surface area contributed by atoms with E-state index in [9.17, 15) is 4.79 Å². The normalized spacial score (nSPS) is 10.8. The molecule has 3 aromatic rings. The highest BCUT2D eigenvalue weighted by Gasteiger charge is 2.13. The molecular weight excluding hydrogens is 308 g/mol. The van der Waals surface area contributed by atoms with Crippen molar-refractivity contribution in [3.63, 3.8) is 0 Å². The van der Waals surface area contributed by atoms with Gasteiger partial charge in [0.15, 0.2) is 0 Å². The lowest BCUT2D eigenvalue weighted by Gasteiger charge is -2.18. The molecule has 3 rings (SSSR count). The second-order valence-electron chi connectivity index (χ2n) is 6.11. The minimum absolute atomic E-state index is 0.195. The minimum Gasteiger partial charge on any atom is -0.343 e. The first-order valence-corrected chi connectivity index (χ1v) is 8.94. The van der Waals surface area contributed by atoms with Gasteiger partial charge in [-0.3, -0.25) is 9.78 Å². The smallest absolute Gasteiger partial charge is 0.222 e. The van der Waals surface area contributed by atoms with E-state index in [1.54, 1.807) is 0 Å². The van der Waals surface area contributed by atoms with Gasteiger partial charge in [-0.1, -0.05) is 54.6 Å². The van der Waals surface area contributed by atoms with Gasteiger partial charge in [-0.2, -0.15) is 0 Å². The summed E-state index contributed by atoms with van der Waals surface area (Å²) in [5.41, 5.74) is 3.06. The fourth-order valence-electron chi connectivity index (χ4n) is 3.18. The summed E-state index contributed by atoms with van der Waals surface area (Å²) in [6.45, 7) is 5.55. The Morgan fingerprint density at radius 2 is 1.64 bits per heavy atom. The summed E-state index contributed by atoms with van der Waals surface area (Å²) >= 11 is 0. The SMILES string of the molecule is CCN(CC)C(=O)CCc1nc(-c2ccccc2)cc2ccccc12. The average molecular weight is 332 g/mol. The number of fused-ring (bicyclic) bond motifs is 1. The fraction of sp³-hybridized carbons (Fsp3) is 0.273. The van der Waals surface area contributed by atoms with Gasteiger partial charge >= 0.3 is 0 Å².